The molecule has 0 spiro atoms. The molecule has 0 saturated carbocycles. The van der Waals surface area contributed by atoms with Gasteiger partial charge in [0.25, 0.3) is 0 Å². The van der Waals surface area contributed by atoms with Crippen LogP contribution in [-0.2, 0) is 0 Å². The van der Waals surface area contributed by atoms with Gasteiger partial charge in [-0.05, 0) is 23.8 Å². The highest BCUT2D eigenvalue weighted by molar-refractivity contribution is 4.89. The van der Waals surface area contributed by atoms with E-state index >= 15 is 0 Å². The zero-order chi connectivity index (χ0) is 7.78. The highest BCUT2D eigenvalue weighted by Gasteiger charge is 2.35. The molecule has 1 atom stereocenters. The van der Waals surface area contributed by atoms with Crippen molar-refractivity contribution >= 4 is 0 Å². The predicted octanol–water partition coefficient (Wildman–Crippen LogP) is 1.89. The average Bonchev–Trinajstić information content (AvgIpc) is 2.08. The van der Waals surface area contributed by atoms with Gasteiger partial charge >= 0.3 is 0 Å². The molecule has 10 heavy (non-hydrogen) atoms. The largest absolute Gasteiger partial charge is 0.316 e. The van der Waals surface area contributed by atoms with Gasteiger partial charge in [-0.2, -0.15) is 0 Å². The van der Waals surface area contributed by atoms with Crippen molar-refractivity contribution in [2.24, 2.45) is 17.3 Å². The third kappa shape index (κ3) is 1.34. The maximum atomic E-state index is 3.44. The van der Waals surface area contributed by atoms with E-state index in [4.69, 9.17) is 0 Å². The zero-order valence-corrected chi connectivity index (χ0v) is 7.57. The molecule has 0 bridgehead atoms. The average molecular weight is 141 g/mol. The second kappa shape index (κ2) is 2.54. The van der Waals surface area contributed by atoms with E-state index in [9.17, 15) is 0 Å². The Balaban J connectivity index is 2.59. The van der Waals surface area contributed by atoms with Crippen molar-refractivity contribution in [2.45, 2.75) is 27.7 Å². The maximum Gasteiger partial charge on any atom is 0.000587 e. The first kappa shape index (κ1) is 8.06. The lowest BCUT2D eigenvalue weighted by atomic mass is 9.76. The van der Waals surface area contributed by atoms with Crippen molar-refractivity contribution in [1.82, 2.24) is 5.32 Å². The van der Waals surface area contributed by atoms with Crippen molar-refractivity contribution in [2.75, 3.05) is 13.1 Å². The third-order valence-electron chi connectivity index (χ3n) is 2.75. The zero-order valence-electron chi connectivity index (χ0n) is 7.57. The smallest absolute Gasteiger partial charge is 0.000587 e. The van der Waals surface area contributed by atoms with Crippen LogP contribution in [0.4, 0.5) is 0 Å². The number of hydrogen-bond acceptors (Lipinski definition) is 1. The molecule has 0 aromatic heterocycles. The van der Waals surface area contributed by atoms with Gasteiger partial charge in [0.1, 0.15) is 0 Å². The summed E-state index contributed by atoms with van der Waals surface area (Å²) in [7, 11) is 0. The van der Waals surface area contributed by atoms with E-state index in [0.29, 0.717) is 5.41 Å². The summed E-state index contributed by atoms with van der Waals surface area (Å²) in [6, 6.07) is 0. The molecule has 1 aliphatic rings. The molecule has 1 fully saturated rings. The Morgan fingerprint density at radius 1 is 1.40 bits per heavy atom. The molecular weight excluding hydrogens is 122 g/mol. The Bertz CT molecular complexity index is 116. The van der Waals surface area contributed by atoms with Gasteiger partial charge in [-0.3, -0.25) is 0 Å². The van der Waals surface area contributed by atoms with Crippen molar-refractivity contribution in [3.8, 4) is 0 Å². The fraction of sp³-hybridized carbons (Fsp3) is 1.00. The second-order valence-corrected chi connectivity index (χ2v) is 4.47. The van der Waals surface area contributed by atoms with Crippen molar-refractivity contribution in [1.29, 1.82) is 0 Å². The monoisotopic (exact) mass is 141 g/mol. The molecule has 1 unspecified atom stereocenters. The van der Waals surface area contributed by atoms with Gasteiger partial charge in [0.15, 0.2) is 0 Å². The van der Waals surface area contributed by atoms with E-state index in [0.717, 1.165) is 11.8 Å². The van der Waals surface area contributed by atoms with Crippen LogP contribution in [0.2, 0.25) is 0 Å². The summed E-state index contributed by atoms with van der Waals surface area (Å²) in [5, 5.41) is 3.44. The van der Waals surface area contributed by atoms with Crippen LogP contribution in [0.1, 0.15) is 27.7 Å². The van der Waals surface area contributed by atoms with Crippen LogP contribution in [0.5, 0.6) is 0 Å². The van der Waals surface area contributed by atoms with Gasteiger partial charge in [0.05, 0.1) is 0 Å². The molecule has 1 rings (SSSR count). The molecule has 0 aliphatic carbocycles. The van der Waals surface area contributed by atoms with E-state index in [2.05, 4.69) is 33.0 Å². The van der Waals surface area contributed by atoms with Crippen LogP contribution < -0.4 is 5.32 Å². The molecule has 1 heterocycles. The van der Waals surface area contributed by atoms with Gasteiger partial charge in [-0.15, -0.1) is 0 Å². The summed E-state index contributed by atoms with van der Waals surface area (Å²) in [6.45, 7) is 11.8. The van der Waals surface area contributed by atoms with Crippen molar-refractivity contribution in [3.05, 3.63) is 0 Å². The van der Waals surface area contributed by atoms with Gasteiger partial charge in [0, 0.05) is 6.54 Å². The summed E-state index contributed by atoms with van der Waals surface area (Å²) >= 11 is 0. The normalized spacial score (nSPS) is 31.5. The number of rotatable bonds is 1. The molecule has 1 aliphatic heterocycles. The minimum Gasteiger partial charge on any atom is -0.316 e. The number of hydrogen-bond donors (Lipinski definition) is 1. The summed E-state index contributed by atoms with van der Waals surface area (Å²) in [6.07, 6.45) is 0. The molecule has 1 nitrogen and oxygen atoms in total. The first-order chi connectivity index (χ1) is 4.54. The fourth-order valence-electron chi connectivity index (χ4n) is 2.10. The van der Waals surface area contributed by atoms with Crippen LogP contribution in [-0.4, -0.2) is 13.1 Å². The minimum atomic E-state index is 0.522. The lowest BCUT2D eigenvalue weighted by molar-refractivity contribution is 0.224. The molecule has 1 saturated heterocycles. The highest BCUT2D eigenvalue weighted by Crippen LogP contribution is 2.35. The van der Waals surface area contributed by atoms with Crippen LogP contribution in [0, 0.1) is 17.3 Å². The fourth-order valence-corrected chi connectivity index (χ4v) is 2.10. The first-order valence-electron chi connectivity index (χ1n) is 4.25. The Morgan fingerprint density at radius 3 is 2.20 bits per heavy atom. The van der Waals surface area contributed by atoms with Crippen molar-refractivity contribution < 1.29 is 0 Å². The molecule has 0 aromatic carbocycles. The first-order valence-corrected chi connectivity index (χ1v) is 4.25. The summed E-state index contributed by atoms with van der Waals surface area (Å²) in [5.74, 6) is 1.69. The maximum absolute atomic E-state index is 3.44. The number of nitrogens with one attached hydrogen (secondary N) is 1. The molecule has 1 heteroatoms. The summed E-state index contributed by atoms with van der Waals surface area (Å²) < 4.78 is 0. The van der Waals surface area contributed by atoms with Crippen LogP contribution in [0.25, 0.3) is 0 Å². The molecule has 0 radical (unpaired) electrons. The van der Waals surface area contributed by atoms with E-state index in [-0.39, 0.29) is 0 Å². The summed E-state index contributed by atoms with van der Waals surface area (Å²) in [5.41, 5.74) is 0.522. The second-order valence-electron chi connectivity index (χ2n) is 4.47. The predicted molar refractivity (Wildman–Crippen MR) is 45.0 cm³/mol. The topological polar surface area (TPSA) is 12.0 Å². The van der Waals surface area contributed by atoms with Crippen molar-refractivity contribution in [3.63, 3.8) is 0 Å². The van der Waals surface area contributed by atoms with E-state index in [1.165, 1.54) is 13.1 Å². The molecule has 60 valence electrons. The lowest BCUT2D eigenvalue weighted by Gasteiger charge is -2.28. The molecule has 0 amide bonds. The standard InChI is InChI=1S/C9H19N/c1-7(2)8-5-10-6-9(8,3)4/h7-8,10H,5-6H2,1-4H3. The molecule has 0 aromatic rings. The molecule has 1 N–H and O–H groups in total. The van der Waals surface area contributed by atoms with Gasteiger partial charge in [-0.1, -0.05) is 27.7 Å². The Labute approximate surface area is 64.2 Å². The Kier molecular flexibility index (Phi) is 2.04. The Hall–Kier alpha value is -0.0400. The third-order valence-corrected chi connectivity index (χ3v) is 2.75. The highest BCUT2D eigenvalue weighted by atomic mass is 14.9. The Morgan fingerprint density at radius 2 is 2.00 bits per heavy atom. The van der Waals surface area contributed by atoms with Crippen LogP contribution in [0.3, 0.4) is 0 Å². The van der Waals surface area contributed by atoms with Gasteiger partial charge < -0.3 is 5.32 Å². The minimum absolute atomic E-state index is 0.522. The molecular formula is C9H19N. The van der Waals surface area contributed by atoms with Crippen LogP contribution >= 0.6 is 0 Å². The summed E-state index contributed by atoms with van der Waals surface area (Å²) in [4.78, 5) is 0. The van der Waals surface area contributed by atoms with E-state index < -0.39 is 0 Å². The SMILES string of the molecule is CC(C)C1CNCC1(C)C. The quantitative estimate of drug-likeness (QED) is 0.588. The van der Waals surface area contributed by atoms with E-state index in [1.807, 2.05) is 0 Å². The lowest BCUT2D eigenvalue weighted by Crippen LogP contribution is -2.26. The van der Waals surface area contributed by atoms with Crippen LogP contribution in [0.15, 0.2) is 0 Å². The van der Waals surface area contributed by atoms with Gasteiger partial charge in [-0.25, -0.2) is 0 Å². The van der Waals surface area contributed by atoms with E-state index in [1.54, 1.807) is 0 Å². The van der Waals surface area contributed by atoms with Gasteiger partial charge in [0.2, 0.25) is 0 Å².